The number of phenolic OH excluding ortho intramolecular Hbond substituents is 2. The Bertz CT molecular complexity index is 1130. The third kappa shape index (κ3) is 2.09. The van der Waals surface area contributed by atoms with Gasteiger partial charge in [-0.2, -0.15) is 0 Å². The van der Waals surface area contributed by atoms with E-state index >= 15 is 0 Å². The minimum atomic E-state index is -1.21. The molecule has 7 heteroatoms. The van der Waals surface area contributed by atoms with Gasteiger partial charge >= 0.3 is 5.97 Å². The molecule has 0 saturated carbocycles. The van der Waals surface area contributed by atoms with Crippen LogP contribution in [0, 0.1) is 0 Å². The Balaban J connectivity index is 1.93. The monoisotopic (exact) mass is 442 g/mol. The van der Waals surface area contributed by atoms with E-state index in [0.29, 0.717) is 38.6 Å². The Hall–Kier alpha value is -2.64. The number of halogens is 1. The lowest BCUT2D eigenvalue weighted by Gasteiger charge is -2.37. The molecule has 1 atom stereocenters. The second kappa shape index (κ2) is 5.68. The normalized spacial score (nSPS) is 19.1. The van der Waals surface area contributed by atoms with Crippen molar-refractivity contribution in [2.45, 2.75) is 10.5 Å². The first-order valence-corrected chi connectivity index (χ1v) is 10.7. The Morgan fingerprint density at radius 3 is 2.56 bits per heavy atom. The van der Waals surface area contributed by atoms with Gasteiger partial charge in [0.1, 0.15) is 22.1 Å². The van der Waals surface area contributed by atoms with Crippen molar-refractivity contribution in [2.75, 3.05) is 0 Å². The van der Waals surface area contributed by atoms with Crippen molar-refractivity contribution >= 4 is 31.0 Å². The second-order valence-corrected chi connectivity index (χ2v) is 7.80. The van der Waals surface area contributed by atoms with Crippen molar-refractivity contribution in [3.8, 4) is 23.0 Å². The molecule has 2 aliphatic heterocycles. The first-order chi connectivity index (χ1) is 13.1. The highest BCUT2D eigenvalue weighted by Gasteiger charge is 2.54. The highest BCUT2D eigenvalue weighted by Crippen LogP contribution is 2.59. The van der Waals surface area contributed by atoms with E-state index in [2.05, 4.69) is 14.8 Å². The number of carbonyl (C=O) groups is 1. The summed E-state index contributed by atoms with van der Waals surface area (Å²) in [6.45, 7) is 0. The minimum absolute atomic E-state index is 0.0261. The summed E-state index contributed by atoms with van der Waals surface area (Å²) in [5.74, 6) is 0.364. The number of fused-ring (bicyclic) bond motifs is 6. The van der Waals surface area contributed by atoms with Gasteiger partial charge in [0.05, 0.1) is 5.56 Å². The predicted octanol–water partition coefficient (Wildman–Crippen LogP) is 5.07. The number of aromatic hydroxyl groups is 2. The third-order valence-electron chi connectivity index (χ3n) is 4.88. The zero-order valence-electron chi connectivity index (χ0n) is 13.6. The Morgan fingerprint density at radius 2 is 1.74 bits per heavy atom. The molecular formula is C20H11BrO5S. The minimum Gasteiger partial charge on any atom is -0.508 e. The molecule has 5 rings (SSSR count). The fourth-order valence-electron chi connectivity index (χ4n) is 3.76. The van der Waals surface area contributed by atoms with Gasteiger partial charge in [-0.05, 0) is 55.3 Å². The zero-order valence-corrected chi connectivity index (χ0v) is 16.0. The van der Waals surface area contributed by atoms with Gasteiger partial charge in [0.15, 0.2) is 11.4 Å². The summed E-state index contributed by atoms with van der Waals surface area (Å²) in [6.07, 6.45) is 0. The highest BCUT2D eigenvalue weighted by atomic mass is 79.9. The number of esters is 1. The van der Waals surface area contributed by atoms with Crippen LogP contribution in [0.4, 0.5) is 0 Å². The standard InChI is InChI=1S/C20H11BrO5S/c21-27-18-15(23)8-7-14-17(18)25-16-9-10(22)5-6-13(16)20(14)12-4-2-1-3-11(12)19(24)26-20/h1-9,22-23H. The van der Waals surface area contributed by atoms with E-state index < -0.39 is 11.6 Å². The van der Waals surface area contributed by atoms with Crippen LogP contribution in [0.1, 0.15) is 27.0 Å². The summed E-state index contributed by atoms with van der Waals surface area (Å²) < 4.78 is 12.0. The van der Waals surface area contributed by atoms with E-state index in [1.54, 1.807) is 30.3 Å². The van der Waals surface area contributed by atoms with Crippen LogP contribution in [0.25, 0.3) is 0 Å². The Labute approximate surface area is 165 Å². The summed E-state index contributed by atoms with van der Waals surface area (Å²) in [6, 6.07) is 15.1. The molecule has 0 bridgehead atoms. The average Bonchev–Trinajstić information content (AvgIpc) is 2.95. The lowest BCUT2D eigenvalue weighted by molar-refractivity contribution is 0.0222. The number of hydrogen-bond acceptors (Lipinski definition) is 6. The van der Waals surface area contributed by atoms with Crippen LogP contribution in [-0.2, 0) is 10.3 Å². The molecule has 27 heavy (non-hydrogen) atoms. The fraction of sp³-hybridized carbons (Fsp3) is 0.0500. The topological polar surface area (TPSA) is 76.0 Å². The third-order valence-corrected chi connectivity index (χ3v) is 6.40. The summed E-state index contributed by atoms with van der Waals surface area (Å²) in [5.41, 5.74) is 1.18. The van der Waals surface area contributed by atoms with Crippen LogP contribution in [0.2, 0.25) is 0 Å². The molecule has 3 aromatic rings. The number of rotatable bonds is 1. The lowest BCUT2D eigenvalue weighted by Crippen LogP contribution is -2.33. The number of hydrogen-bond donors (Lipinski definition) is 2. The molecule has 0 aliphatic carbocycles. The van der Waals surface area contributed by atoms with Gasteiger partial charge in [-0.3, -0.25) is 0 Å². The van der Waals surface area contributed by atoms with E-state index in [0.717, 1.165) is 10.2 Å². The molecule has 0 fully saturated rings. The maximum atomic E-state index is 12.7. The fourth-order valence-corrected chi connectivity index (χ4v) is 5.07. The van der Waals surface area contributed by atoms with Crippen molar-refractivity contribution in [1.29, 1.82) is 0 Å². The van der Waals surface area contributed by atoms with Crippen LogP contribution in [-0.4, -0.2) is 16.2 Å². The summed E-state index contributed by atoms with van der Waals surface area (Å²) in [5, 5.41) is 20.2. The van der Waals surface area contributed by atoms with E-state index in [4.69, 9.17) is 9.47 Å². The van der Waals surface area contributed by atoms with Gasteiger partial charge < -0.3 is 19.7 Å². The van der Waals surface area contributed by atoms with Crippen LogP contribution in [0.5, 0.6) is 23.0 Å². The van der Waals surface area contributed by atoms with Crippen molar-refractivity contribution in [2.24, 2.45) is 0 Å². The van der Waals surface area contributed by atoms with Crippen molar-refractivity contribution in [3.63, 3.8) is 0 Å². The molecule has 134 valence electrons. The molecule has 1 unspecified atom stereocenters. The number of carbonyl (C=O) groups excluding carboxylic acids is 1. The first-order valence-electron chi connectivity index (χ1n) is 8.05. The van der Waals surface area contributed by atoms with Crippen LogP contribution in [0.15, 0.2) is 59.5 Å². The molecule has 5 nitrogen and oxygen atoms in total. The van der Waals surface area contributed by atoms with E-state index in [1.165, 1.54) is 12.1 Å². The highest BCUT2D eigenvalue weighted by molar-refractivity contribution is 9.50. The second-order valence-electron chi connectivity index (χ2n) is 6.27. The molecule has 2 aliphatic rings. The quantitative estimate of drug-likeness (QED) is 0.512. The number of ether oxygens (including phenoxy) is 2. The summed E-state index contributed by atoms with van der Waals surface area (Å²) >= 11 is 3.30. The first kappa shape index (κ1) is 16.5. The maximum Gasteiger partial charge on any atom is 0.340 e. The Kier molecular flexibility index (Phi) is 3.47. The predicted molar refractivity (Wildman–Crippen MR) is 103 cm³/mol. The molecule has 1 spiro atoms. The van der Waals surface area contributed by atoms with Crippen molar-refractivity contribution in [1.82, 2.24) is 0 Å². The Morgan fingerprint density at radius 1 is 0.963 bits per heavy atom. The zero-order chi connectivity index (χ0) is 18.8. The molecule has 3 aromatic carbocycles. The number of phenols is 2. The summed E-state index contributed by atoms with van der Waals surface area (Å²) in [4.78, 5) is 13.1. The average molecular weight is 443 g/mol. The van der Waals surface area contributed by atoms with Gasteiger partial charge in [0.2, 0.25) is 0 Å². The smallest absolute Gasteiger partial charge is 0.340 e. The van der Waals surface area contributed by atoms with Gasteiger partial charge in [-0.25, -0.2) is 4.79 Å². The molecule has 2 heterocycles. The van der Waals surface area contributed by atoms with Gasteiger partial charge in [-0.1, -0.05) is 18.2 Å². The van der Waals surface area contributed by atoms with Crippen molar-refractivity contribution in [3.05, 3.63) is 76.9 Å². The largest absolute Gasteiger partial charge is 0.508 e. The van der Waals surface area contributed by atoms with Gasteiger partial charge in [0, 0.05) is 22.8 Å². The molecule has 0 amide bonds. The SMILES string of the molecule is O=C1OC2(c3ccc(O)cc3Oc3c2ccc(O)c3SBr)c2ccccc21. The van der Waals surface area contributed by atoms with E-state index in [-0.39, 0.29) is 11.5 Å². The molecule has 2 N–H and O–H groups in total. The molecular weight excluding hydrogens is 432 g/mol. The van der Waals surface area contributed by atoms with Crippen LogP contribution in [0.3, 0.4) is 0 Å². The van der Waals surface area contributed by atoms with E-state index in [9.17, 15) is 15.0 Å². The van der Waals surface area contributed by atoms with Crippen molar-refractivity contribution < 1.29 is 24.5 Å². The van der Waals surface area contributed by atoms with Gasteiger partial charge in [-0.15, -0.1) is 0 Å². The maximum absolute atomic E-state index is 12.7. The van der Waals surface area contributed by atoms with Crippen LogP contribution < -0.4 is 4.74 Å². The van der Waals surface area contributed by atoms with E-state index in [1.807, 2.05) is 12.1 Å². The number of benzene rings is 3. The lowest BCUT2D eigenvalue weighted by atomic mass is 9.77. The molecule has 0 saturated heterocycles. The van der Waals surface area contributed by atoms with Gasteiger partial charge in [0.25, 0.3) is 0 Å². The molecule has 0 radical (unpaired) electrons. The molecule has 0 aromatic heterocycles. The summed E-state index contributed by atoms with van der Waals surface area (Å²) in [7, 11) is 1.15. The van der Waals surface area contributed by atoms with Crippen LogP contribution >= 0.6 is 25.0 Å².